The third-order valence-electron chi connectivity index (χ3n) is 25.4. The van der Waals surface area contributed by atoms with E-state index in [1.807, 2.05) is 237 Å². The Bertz CT molecular complexity index is 7310. The molecule has 3 aliphatic heterocycles. The number of aryl methyl sites for hydroxylation is 2. The standard InChI is InChI=1S/C23H20N2O.C22H19N3O.C21H17N3O.C19H19N3O2.C15H17ClN2O2.C15H18N2O2.2CH4/c1-16-9-12-19(13-10-16)25-21(17-6-3-2-4-7-17)20-14-11-18-8-5-15-24-22(18)23(20)26;1-15-6-8-17(9-7-15)20(25-18-5-3-12-23-14-18)19-11-10-16-4-2-13-24-21(16)22(19)26;25-21-17(12-11-16-9-6-14-23-20(16)21)19(15-7-2-1-3-8-15)24-18-10-4-5-13-22-18;23-19-15(7-6-14-4-3-9-21-17(14)19)18(16-5-1-2-8-20-16)22-10-12-24-13-11-22;1-10(18-5-7-20-8-6-18)12-9-13(16)11-3-2-4-17-14(11)15(12)19;1-11(17-7-9-19-10-8-17)13-5-4-12-3-2-6-16-14(12)15(13)18;;/h2-15,21,25-26H,1H3;2-14,20,25-26H,1H3;1-14,19,25H,(H,22,24);1-9,18,23H,10-13H2;2-4,9-10,19H,5-8H2,1H3;2-6,11,18H,7-10H2,1H3;2*1H4. The Hall–Kier alpha value is -15.6. The topological polar surface area (TPSA) is 311 Å². The van der Waals surface area contributed by atoms with Crippen molar-refractivity contribution in [1.29, 1.82) is 0 Å². The first-order valence-corrected chi connectivity index (χ1v) is 47.2. The van der Waals surface area contributed by atoms with Crippen LogP contribution in [0.1, 0.15) is 132 Å². The lowest BCUT2D eigenvalue weighted by Gasteiger charge is -2.34. The van der Waals surface area contributed by atoms with Crippen LogP contribution in [0.15, 0.2) is 359 Å². The molecule has 3 fully saturated rings. The van der Waals surface area contributed by atoms with Crippen LogP contribution in [0.2, 0.25) is 5.02 Å². The quantitative estimate of drug-likeness (QED) is 0.0363. The molecule has 6 atom stereocenters. The normalized spacial score (nSPS) is 14.5. The van der Waals surface area contributed by atoms with Gasteiger partial charge in [0.2, 0.25) is 0 Å². The second kappa shape index (κ2) is 48.8. The number of rotatable bonds is 19. The predicted molar refractivity (Wildman–Crippen MR) is 569 cm³/mol. The van der Waals surface area contributed by atoms with Gasteiger partial charge in [-0.05, 0) is 141 Å². The number of morpholine rings is 3. The van der Waals surface area contributed by atoms with Crippen LogP contribution in [0.3, 0.4) is 0 Å². The first-order chi connectivity index (χ1) is 68.6. The Kier molecular flexibility index (Phi) is 34.6. The third-order valence-corrected chi connectivity index (χ3v) is 25.7. The highest BCUT2D eigenvalue weighted by molar-refractivity contribution is 6.35. The number of anilines is 3. The molecule has 25 heteroatoms. The molecule has 0 saturated carbocycles. The maximum absolute atomic E-state index is 10.9. The SMILES string of the molecule is C.C.CC(c1cc(Cl)c2cccnc2c1O)N1CCOCC1.CC(c1ccc2cccnc2c1O)N1CCOCC1.Cc1ccc(C(Nc2cccnc2)c2ccc3cccnc3c2O)cc1.Cc1ccc(NC(c2ccccc2)c2ccc3cccnc3c2O)cc1.Oc1c(C(Nc2ccccn2)c2ccccc2)ccc2cccnc12.Oc1c(C(c2ccccn2)N2CCOCC2)ccc2cccnc12. The molecule has 24 nitrogen and oxygen atoms in total. The summed E-state index contributed by atoms with van der Waals surface area (Å²) in [6, 6.07) is 96.2. The molecule has 142 heavy (non-hydrogen) atoms. The van der Waals surface area contributed by atoms with Crippen LogP contribution < -0.4 is 16.0 Å². The van der Waals surface area contributed by atoms with Gasteiger partial charge in [-0.25, -0.2) is 4.98 Å². The van der Waals surface area contributed by atoms with Gasteiger partial charge in [0.1, 0.15) is 73.4 Å². The largest absolute Gasteiger partial charge is 0.505 e. The highest BCUT2D eigenvalue weighted by atomic mass is 35.5. The van der Waals surface area contributed by atoms with Crippen LogP contribution in [0.25, 0.3) is 65.4 Å². The van der Waals surface area contributed by atoms with Crippen LogP contribution in [0, 0.1) is 13.8 Å². The first kappa shape index (κ1) is 101. The zero-order valence-electron chi connectivity index (χ0n) is 78.2. The Balaban J connectivity index is 0.000000129. The van der Waals surface area contributed by atoms with E-state index >= 15 is 0 Å². The number of benzene rings is 10. The highest BCUT2D eigenvalue weighted by Crippen LogP contribution is 2.44. The van der Waals surface area contributed by atoms with Crippen molar-refractivity contribution in [2.45, 2.75) is 78.8 Å². The number of nitrogens with one attached hydrogen (secondary N) is 3. The number of aromatic nitrogens is 9. The number of hydrogen-bond acceptors (Lipinski definition) is 24. The number of hydrogen-bond donors (Lipinski definition) is 9. The van der Waals surface area contributed by atoms with Gasteiger partial charge in [0.05, 0.1) is 80.2 Å². The second-order valence-corrected chi connectivity index (χ2v) is 34.7. The van der Waals surface area contributed by atoms with E-state index in [1.54, 1.807) is 62.0 Å². The summed E-state index contributed by atoms with van der Waals surface area (Å²) in [5.41, 5.74) is 17.1. The summed E-state index contributed by atoms with van der Waals surface area (Å²) in [6.07, 6.45) is 17.2. The van der Waals surface area contributed by atoms with E-state index in [1.165, 1.54) is 11.1 Å². The molecule has 722 valence electrons. The monoisotopic (exact) mass is 1910 g/mol. The molecule has 22 rings (SSSR count). The molecule has 9 aromatic heterocycles. The Morgan fingerprint density at radius 1 is 0.296 bits per heavy atom. The van der Waals surface area contributed by atoms with Crippen LogP contribution >= 0.6 is 11.6 Å². The number of halogens is 1. The van der Waals surface area contributed by atoms with E-state index in [9.17, 15) is 30.6 Å². The molecule has 0 spiro atoms. The average Bonchev–Trinajstić information content (AvgIpc) is 0.788. The lowest BCUT2D eigenvalue weighted by Crippen LogP contribution is -2.39. The molecule has 10 aromatic carbocycles. The number of pyridine rings is 9. The molecule has 0 aliphatic carbocycles. The minimum absolute atomic E-state index is 0. The van der Waals surface area contributed by atoms with E-state index in [4.69, 9.17) is 25.8 Å². The minimum atomic E-state index is -0.234. The van der Waals surface area contributed by atoms with Gasteiger partial charge in [-0.3, -0.25) is 54.6 Å². The fourth-order valence-corrected chi connectivity index (χ4v) is 18.1. The summed E-state index contributed by atoms with van der Waals surface area (Å²) in [6.45, 7) is 17.8. The lowest BCUT2D eigenvalue weighted by molar-refractivity contribution is 0.0194. The van der Waals surface area contributed by atoms with Crippen LogP contribution in [0.5, 0.6) is 34.5 Å². The number of phenolic OH excluding ortho intramolecular Hbond substituents is 6. The van der Waals surface area contributed by atoms with Gasteiger partial charge >= 0.3 is 0 Å². The van der Waals surface area contributed by atoms with Gasteiger partial charge in [0.25, 0.3) is 0 Å². The van der Waals surface area contributed by atoms with Gasteiger partial charge in [0, 0.05) is 185 Å². The summed E-state index contributed by atoms with van der Waals surface area (Å²) in [5.74, 6) is 2.12. The summed E-state index contributed by atoms with van der Waals surface area (Å²) in [7, 11) is 0. The third kappa shape index (κ3) is 24.2. The molecular weight excluding hydrogens is 1790 g/mol. The number of nitrogens with zero attached hydrogens (tertiary/aromatic N) is 12. The summed E-state index contributed by atoms with van der Waals surface area (Å²) in [4.78, 5) is 45.9. The number of phenols is 6. The molecule has 19 aromatic rings. The predicted octanol–water partition coefficient (Wildman–Crippen LogP) is 24.2. The first-order valence-electron chi connectivity index (χ1n) is 46.9. The van der Waals surface area contributed by atoms with Crippen LogP contribution in [0.4, 0.5) is 17.2 Å². The van der Waals surface area contributed by atoms with Gasteiger partial charge in [-0.15, -0.1) is 0 Å². The van der Waals surface area contributed by atoms with Gasteiger partial charge in [-0.1, -0.05) is 238 Å². The van der Waals surface area contributed by atoms with Crippen LogP contribution in [-0.2, 0) is 14.2 Å². The molecule has 6 unspecified atom stereocenters. The van der Waals surface area contributed by atoms with Gasteiger partial charge in [0.15, 0.2) is 0 Å². The molecule has 0 amide bonds. The Morgan fingerprint density at radius 3 is 1.07 bits per heavy atom. The van der Waals surface area contributed by atoms with E-state index < -0.39 is 0 Å². The van der Waals surface area contributed by atoms with Gasteiger partial charge < -0.3 is 60.8 Å². The molecule has 0 radical (unpaired) electrons. The van der Waals surface area contributed by atoms with Crippen molar-refractivity contribution < 1.29 is 44.8 Å². The second-order valence-electron chi connectivity index (χ2n) is 34.3. The number of fused-ring (bicyclic) bond motifs is 6. The van der Waals surface area contributed by atoms with Crippen molar-refractivity contribution in [3.05, 3.63) is 431 Å². The average molecular weight is 1910 g/mol. The van der Waals surface area contributed by atoms with Crippen molar-refractivity contribution in [3.63, 3.8) is 0 Å². The molecule has 0 bridgehead atoms. The fraction of sp³-hybridized carbons (Fsp3) is 0.205. The smallest absolute Gasteiger partial charge is 0.147 e. The lowest BCUT2D eigenvalue weighted by atomic mass is 9.95. The van der Waals surface area contributed by atoms with Crippen molar-refractivity contribution in [2.24, 2.45) is 0 Å². The van der Waals surface area contributed by atoms with E-state index in [0.29, 0.717) is 57.1 Å². The minimum Gasteiger partial charge on any atom is -0.505 e. The summed E-state index contributed by atoms with van der Waals surface area (Å²) >= 11 is 6.32. The molecular formula is C117H118ClN15O9. The van der Waals surface area contributed by atoms with Crippen LogP contribution in [-0.4, -0.2) is 169 Å². The fourth-order valence-electron chi connectivity index (χ4n) is 17.8. The Labute approximate surface area is 832 Å². The van der Waals surface area contributed by atoms with E-state index in [2.05, 4.69) is 164 Å². The zero-order chi connectivity index (χ0) is 96.6. The summed E-state index contributed by atoms with van der Waals surface area (Å²) in [5, 5.41) is 80.9. The maximum atomic E-state index is 10.9. The van der Waals surface area contributed by atoms with E-state index in [-0.39, 0.29) is 79.9 Å². The summed E-state index contributed by atoms with van der Waals surface area (Å²) < 4.78 is 16.2. The van der Waals surface area contributed by atoms with Crippen molar-refractivity contribution in [3.8, 4) is 34.5 Å². The Morgan fingerprint density at radius 2 is 0.641 bits per heavy atom. The maximum Gasteiger partial charge on any atom is 0.147 e. The van der Waals surface area contributed by atoms with Crippen molar-refractivity contribution in [1.82, 2.24) is 59.6 Å². The van der Waals surface area contributed by atoms with Crippen molar-refractivity contribution in [2.75, 3.05) is 94.9 Å². The molecule has 3 aliphatic rings. The molecule has 9 N–H and O–H groups in total. The zero-order valence-corrected chi connectivity index (χ0v) is 78.9. The van der Waals surface area contributed by atoms with E-state index in [0.717, 1.165) is 171 Å². The molecule has 3 saturated heterocycles. The molecule has 12 heterocycles. The number of ether oxygens (including phenoxy) is 3. The van der Waals surface area contributed by atoms with Crippen molar-refractivity contribution >= 4 is 94.2 Å². The highest BCUT2D eigenvalue weighted by Gasteiger charge is 2.31. The van der Waals surface area contributed by atoms with Gasteiger partial charge in [-0.2, -0.15) is 0 Å². The number of aromatic hydroxyl groups is 6.